The SMILES string of the molecule is [2H]Cc1cc2ccncc2o1. The molecule has 0 aromatic carbocycles. The first kappa shape index (κ1) is 4.50. The summed E-state index contributed by atoms with van der Waals surface area (Å²) in [6.45, 7) is 0.189. The van der Waals surface area contributed by atoms with E-state index in [1.807, 2.05) is 12.1 Å². The maximum absolute atomic E-state index is 7.06. The van der Waals surface area contributed by atoms with Crippen LogP contribution >= 0.6 is 0 Å². The van der Waals surface area contributed by atoms with Crippen molar-refractivity contribution in [1.29, 1.82) is 0 Å². The Morgan fingerprint density at radius 1 is 1.70 bits per heavy atom. The molecule has 0 saturated heterocycles. The van der Waals surface area contributed by atoms with Gasteiger partial charge in [0.1, 0.15) is 5.76 Å². The van der Waals surface area contributed by atoms with E-state index in [1.54, 1.807) is 12.4 Å². The first-order chi connectivity index (χ1) is 5.40. The smallest absolute Gasteiger partial charge is 0.152 e. The number of aryl methyl sites for hydroxylation is 1. The molecule has 0 unspecified atom stereocenters. The summed E-state index contributed by atoms with van der Waals surface area (Å²) in [6.07, 6.45) is 3.38. The van der Waals surface area contributed by atoms with E-state index >= 15 is 0 Å². The topological polar surface area (TPSA) is 26.0 Å². The monoisotopic (exact) mass is 134 g/mol. The molecule has 0 radical (unpaired) electrons. The van der Waals surface area contributed by atoms with Crippen LogP contribution in [0.5, 0.6) is 0 Å². The molecule has 0 atom stereocenters. The van der Waals surface area contributed by atoms with Crippen LogP contribution in [0.4, 0.5) is 0 Å². The minimum absolute atomic E-state index is 0.189. The number of pyridine rings is 1. The lowest BCUT2D eigenvalue weighted by Crippen LogP contribution is -1.65. The predicted molar refractivity (Wildman–Crippen MR) is 38.7 cm³/mol. The van der Waals surface area contributed by atoms with Crippen molar-refractivity contribution in [2.24, 2.45) is 0 Å². The largest absolute Gasteiger partial charge is 0.460 e. The van der Waals surface area contributed by atoms with Gasteiger partial charge < -0.3 is 4.42 Å². The molecule has 0 aliphatic heterocycles. The van der Waals surface area contributed by atoms with Gasteiger partial charge in [0.05, 0.1) is 6.20 Å². The second-order valence-electron chi connectivity index (χ2n) is 2.13. The van der Waals surface area contributed by atoms with Gasteiger partial charge in [-0.3, -0.25) is 4.98 Å². The molecule has 2 nitrogen and oxygen atoms in total. The van der Waals surface area contributed by atoms with Crippen LogP contribution in [0.1, 0.15) is 7.13 Å². The van der Waals surface area contributed by atoms with Gasteiger partial charge in [0.15, 0.2) is 5.58 Å². The number of hydrogen-bond donors (Lipinski definition) is 0. The molecule has 2 rings (SSSR count). The second kappa shape index (κ2) is 1.84. The summed E-state index contributed by atoms with van der Waals surface area (Å²) in [6, 6.07) is 3.74. The van der Waals surface area contributed by atoms with Gasteiger partial charge in [0.25, 0.3) is 0 Å². The number of nitrogens with zero attached hydrogens (tertiary/aromatic N) is 1. The molecule has 0 aliphatic rings. The Morgan fingerprint density at radius 3 is 3.50 bits per heavy atom. The molecule has 10 heavy (non-hydrogen) atoms. The number of furan rings is 1. The molecule has 2 heterocycles. The third kappa shape index (κ3) is 0.692. The van der Waals surface area contributed by atoms with E-state index in [2.05, 4.69) is 4.98 Å². The maximum Gasteiger partial charge on any atom is 0.152 e. The van der Waals surface area contributed by atoms with Crippen molar-refractivity contribution < 1.29 is 5.79 Å². The first-order valence-electron chi connectivity index (χ1n) is 3.72. The van der Waals surface area contributed by atoms with Crippen molar-refractivity contribution in [2.75, 3.05) is 0 Å². The van der Waals surface area contributed by atoms with Crippen molar-refractivity contribution in [3.63, 3.8) is 0 Å². The van der Waals surface area contributed by atoms with Crippen LogP contribution in [0, 0.1) is 6.90 Å². The van der Waals surface area contributed by atoms with Gasteiger partial charge in [-0.25, -0.2) is 0 Å². The third-order valence-electron chi connectivity index (χ3n) is 1.37. The van der Waals surface area contributed by atoms with E-state index in [4.69, 9.17) is 5.79 Å². The van der Waals surface area contributed by atoms with Crippen molar-refractivity contribution >= 4 is 11.0 Å². The Bertz CT molecular complexity index is 336. The summed E-state index contributed by atoms with van der Waals surface area (Å²) in [5.41, 5.74) is 0.759. The van der Waals surface area contributed by atoms with Gasteiger partial charge in [0, 0.05) is 13.0 Å². The third-order valence-corrected chi connectivity index (χ3v) is 1.37. The Kier molecular flexibility index (Phi) is 0.826. The van der Waals surface area contributed by atoms with Crippen LogP contribution in [-0.2, 0) is 0 Å². The van der Waals surface area contributed by atoms with E-state index in [0.29, 0.717) is 5.76 Å². The summed E-state index contributed by atoms with van der Waals surface area (Å²) in [5.74, 6) is 0.688. The molecule has 2 aromatic rings. The predicted octanol–water partition coefficient (Wildman–Crippen LogP) is 2.14. The molecule has 2 heteroatoms. The zero-order valence-corrected chi connectivity index (χ0v) is 5.37. The molecule has 0 N–H and O–H groups in total. The average Bonchev–Trinajstić information content (AvgIpc) is 2.46. The highest BCUT2D eigenvalue weighted by molar-refractivity contribution is 5.76. The summed E-state index contributed by atoms with van der Waals surface area (Å²) >= 11 is 0. The van der Waals surface area contributed by atoms with Crippen LogP contribution in [-0.4, -0.2) is 4.98 Å². The van der Waals surface area contributed by atoms with Crippen LogP contribution in [0.2, 0.25) is 0 Å². The van der Waals surface area contributed by atoms with Crippen LogP contribution in [0.25, 0.3) is 11.0 Å². The Labute approximate surface area is 59.9 Å². The van der Waals surface area contributed by atoms with Gasteiger partial charge in [-0.05, 0) is 19.0 Å². The zero-order chi connectivity index (χ0) is 7.68. The quantitative estimate of drug-likeness (QED) is 0.551. The van der Waals surface area contributed by atoms with E-state index in [-0.39, 0.29) is 6.90 Å². The fourth-order valence-electron chi connectivity index (χ4n) is 0.939. The van der Waals surface area contributed by atoms with Crippen LogP contribution < -0.4 is 0 Å². The highest BCUT2D eigenvalue weighted by Gasteiger charge is 1.96. The van der Waals surface area contributed by atoms with Gasteiger partial charge in [0.2, 0.25) is 0 Å². The number of hydrogen-bond acceptors (Lipinski definition) is 2. The molecule has 0 amide bonds. The average molecular weight is 134 g/mol. The normalized spacial score (nSPS) is 11.8. The molecular formula is C8H7NO. The molecule has 50 valence electrons. The molecule has 0 saturated carbocycles. The highest BCUT2D eigenvalue weighted by Crippen LogP contribution is 2.15. The molecule has 0 spiro atoms. The van der Waals surface area contributed by atoms with Crippen molar-refractivity contribution in [3.05, 3.63) is 30.3 Å². The minimum Gasteiger partial charge on any atom is -0.460 e. The first-order valence-corrected chi connectivity index (χ1v) is 3.02. The lowest BCUT2D eigenvalue weighted by atomic mass is 10.3. The van der Waals surface area contributed by atoms with Crippen molar-refractivity contribution in [1.82, 2.24) is 4.98 Å². The van der Waals surface area contributed by atoms with Crippen LogP contribution in [0.15, 0.2) is 28.9 Å². The van der Waals surface area contributed by atoms with Gasteiger partial charge in [-0.1, -0.05) is 0 Å². The minimum atomic E-state index is 0.189. The van der Waals surface area contributed by atoms with E-state index in [1.165, 1.54) is 0 Å². The zero-order valence-electron chi connectivity index (χ0n) is 6.37. The molecule has 0 bridgehead atoms. The van der Waals surface area contributed by atoms with Crippen molar-refractivity contribution in [3.8, 4) is 0 Å². The lowest BCUT2D eigenvalue weighted by Gasteiger charge is -1.81. The number of aromatic nitrogens is 1. The van der Waals surface area contributed by atoms with E-state index < -0.39 is 0 Å². The molecule has 0 aliphatic carbocycles. The highest BCUT2D eigenvalue weighted by atomic mass is 16.3. The molecule has 2 aromatic heterocycles. The Hall–Kier alpha value is -1.31. The standard InChI is InChI=1S/C8H7NO/c1-6-4-7-2-3-9-5-8(7)10-6/h2-5H,1H3/i1D. The van der Waals surface area contributed by atoms with Gasteiger partial charge >= 0.3 is 0 Å². The Balaban J connectivity index is 2.69. The maximum atomic E-state index is 7.06. The second-order valence-corrected chi connectivity index (χ2v) is 2.13. The summed E-state index contributed by atoms with van der Waals surface area (Å²) in [7, 11) is 0. The van der Waals surface area contributed by atoms with E-state index in [9.17, 15) is 0 Å². The van der Waals surface area contributed by atoms with Crippen molar-refractivity contribution in [2.45, 2.75) is 6.90 Å². The van der Waals surface area contributed by atoms with Crippen LogP contribution in [0.3, 0.4) is 0 Å². The lowest BCUT2D eigenvalue weighted by molar-refractivity contribution is 0.577. The number of fused-ring (bicyclic) bond motifs is 1. The molecule has 0 fully saturated rings. The number of rotatable bonds is 0. The summed E-state index contributed by atoms with van der Waals surface area (Å²) in [4.78, 5) is 3.91. The fourth-order valence-corrected chi connectivity index (χ4v) is 0.939. The van der Waals surface area contributed by atoms with E-state index in [0.717, 1.165) is 11.0 Å². The van der Waals surface area contributed by atoms with Gasteiger partial charge in [-0.2, -0.15) is 0 Å². The Morgan fingerprint density at radius 2 is 2.70 bits per heavy atom. The fraction of sp³-hybridized carbons (Fsp3) is 0.125. The summed E-state index contributed by atoms with van der Waals surface area (Å²) in [5, 5.41) is 1.02. The molecular weight excluding hydrogens is 126 g/mol. The summed E-state index contributed by atoms with van der Waals surface area (Å²) < 4.78 is 12.3. The van der Waals surface area contributed by atoms with Gasteiger partial charge in [-0.15, -0.1) is 0 Å².